The predicted molar refractivity (Wildman–Crippen MR) is 177 cm³/mol. The van der Waals surface area contributed by atoms with Crippen LogP contribution in [0.5, 0.6) is 0 Å². The summed E-state index contributed by atoms with van der Waals surface area (Å²) < 4.78 is 21.7. The molecule has 0 radical (unpaired) electrons. The van der Waals surface area contributed by atoms with E-state index < -0.39 is 21.3 Å². The van der Waals surface area contributed by atoms with Gasteiger partial charge in [0.15, 0.2) is 8.32 Å². The molecule has 1 saturated heterocycles. The molecule has 0 saturated carbocycles. The first-order valence-electron chi connectivity index (χ1n) is 14.9. The lowest BCUT2D eigenvalue weighted by Gasteiger charge is -2.44. The monoisotopic (exact) mass is 646 g/mol. The molecule has 0 N–H and O–H groups in total. The number of para-hydroxylation sites is 1. The molecule has 0 spiro atoms. The first-order valence-corrected chi connectivity index (χ1v) is 21.3. The number of ether oxygens (including phenoxy) is 2. The largest absolute Gasteiger partial charge is 0.414 e. The minimum absolute atomic E-state index is 0.0342. The number of halogens is 1. The maximum absolute atomic E-state index is 11.5. The molecule has 1 fully saturated rings. The standard InChI is InChI=1S/C31H47ClN4O5Si2/c1-30(2,3)42(7,8)25-15-26(41-24(25)19-40-43(9,10)31(4,5)6)35-16-22(27-28(32)33-20-34-29(27)35)18-39-17-21-13-11-12-14-23(21)36(37)38/h11-14,16,20,24-26H,15,17-19H2,1-10H3/t24-,25-,26-/m1/s1. The molecule has 1 aromatic carbocycles. The van der Waals surface area contributed by atoms with Crippen LogP contribution in [0.4, 0.5) is 5.69 Å². The van der Waals surface area contributed by atoms with E-state index in [-0.39, 0.29) is 41.3 Å². The quantitative estimate of drug-likeness (QED) is 0.0938. The zero-order valence-electron chi connectivity index (χ0n) is 27.2. The highest BCUT2D eigenvalue weighted by atomic mass is 35.5. The molecule has 236 valence electrons. The van der Waals surface area contributed by atoms with Gasteiger partial charge in [-0.25, -0.2) is 9.97 Å². The highest BCUT2D eigenvalue weighted by Gasteiger charge is 2.52. The fourth-order valence-electron chi connectivity index (χ4n) is 5.41. The second-order valence-electron chi connectivity index (χ2n) is 14.8. The number of benzene rings is 1. The van der Waals surface area contributed by atoms with Crippen molar-refractivity contribution in [2.75, 3.05) is 6.61 Å². The summed E-state index contributed by atoms with van der Waals surface area (Å²) in [7, 11) is -3.82. The number of nitro benzene ring substituents is 1. The lowest BCUT2D eigenvalue weighted by Crippen LogP contribution is -2.48. The summed E-state index contributed by atoms with van der Waals surface area (Å²) in [6.45, 7) is 24.2. The summed E-state index contributed by atoms with van der Waals surface area (Å²) in [5, 5.41) is 12.8. The van der Waals surface area contributed by atoms with Gasteiger partial charge in [-0.15, -0.1) is 0 Å². The van der Waals surface area contributed by atoms with Gasteiger partial charge in [0.25, 0.3) is 5.69 Å². The van der Waals surface area contributed by atoms with Gasteiger partial charge in [0.1, 0.15) is 23.4 Å². The molecule has 0 unspecified atom stereocenters. The van der Waals surface area contributed by atoms with Gasteiger partial charge in [-0.05, 0) is 41.2 Å². The Morgan fingerprint density at radius 3 is 2.33 bits per heavy atom. The number of aromatic nitrogens is 3. The number of hydrogen-bond acceptors (Lipinski definition) is 7. The van der Waals surface area contributed by atoms with E-state index in [1.54, 1.807) is 18.2 Å². The first kappa shape index (κ1) is 33.7. The molecule has 0 bridgehead atoms. The number of rotatable bonds is 10. The Hall–Kier alpha value is -2.16. The van der Waals surface area contributed by atoms with E-state index >= 15 is 0 Å². The maximum atomic E-state index is 11.5. The van der Waals surface area contributed by atoms with Crippen molar-refractivity contribution in [2.24, 2.45) is 0 Å². The topological polar surface area (TPSA) is 102 Å². The molecule has 1 aliphatic rings. The van der Waals surface area contributed by atoms with Crippen LogP contribution in [0.3, 0.4) is 0 Å². The Morgan fingerprint density at radius 1 is 1.05 bits per heavy atom. The van der Waals surface area contributed by atoms with Gasteiger partial charge >= 0.3 is 0 Å². The van der Waals surface area contributed by atoms with Crippen LogP contribution in [-0.2, 0) is 27.1 Å². The molecule has 4 rings (SSSR count). The van der Waals surface area contributed by atoms with Crippen molar-refractivity contribution in [2.45, 2.75) is 115 Å². The molecular weight excluding hydrogens is 600 g/mol. The highest BCUT2D eigenvalue weighted by molar-refractivity contribution is 6.81. The molecule has 0 amide bonds. The second-order valence-corrected chi connectivity index (χ2v) is 25.7. The fourth-order valence-corrected chi connectivity index (χ4v) is 9.68. The normalized spacial score (nSPS) is 20.2. The second kappa shape index (κ2) is 12.3. The van der Waals surface area contributed by atoms with Crippen LogP contribution in [0.25, 0.3) is 11.0 Å². The lowest BCUT2D eigenvalue weighted by molar-refractivity contribution is -0.386. The Bertz CT molecular complexity index is 1460. The van der Waals surface area contributed by atoms with Crippen LogP contribution in [0.2, 0.25) is 47.0 Å². The van der Waals surface area contributed by atoms with E-state index in [1.807, 2.05) is 6.20 Å². The molecule has 12 heteroatoms. The van der Waals surface area contributed by atoms with Crippen LogP contribution in [0.1, 0.15) is 65.3 Å². The van der Waals surface area contributed by atoms with Crippen molar-refractivity contribution >= 4 is 44.7 Å². The van der Waals surface area contributed by atoms with Crippen molar-refractivity contribution < 1.29 is 18.8 Å². The summed E-state index contributed by atoms with van der Waals surface area (Å²) in [6, 6.07) is 6.60. The van der Waals surface area contributed by atoms with Gasteiger partial charge in [0, 0.05) is 17.8 Å². The third kappa shape index (κ3) is 6.91. The van der Waals surface area contributed by atoms with Crippen molar-refractivity contribution in [3.8, 4) is 0 Å². The number of nitro groups is 1. The molecular formula is C31H47ClN4O5Si2. The molecule has 0 aliphatic carbocycles. The highest BCUT2D eigenvalue weighted by Crippen LogP contribution is 2.53. The Labute approximate surface area is 262 Å². The fraction of sp³-hybridized carbons (Fsp3) is 0.613. The van der Waals surface area contributed by atoms with E-state index in [4.69, 9.17) is 25.5 Å². The van der Waals surface area contributed by atoms with Gasteiger partial charge < -0.3 is 18.5 Å². The SMILES string of the molecule is CC(C)(C)[Si](C)(C)OC[C@H]1O[C@@H](n2cc(COCc3ccccc3[N+](=O)[O-])c3c(Cl)ncnc32)C[C@H]1[Si](C)(C)C(C)(C)C. The van der Waals surface area contributed by atoms with Gasteiger partial charge in [0.2, 0.25) is 0 Å². The van der Waals surface area contributed by atoms with Crippen LogP contribution in [0, 0.1) is 10.1 Å². The average molecular weight is 647 g/mol. The lowest BCUT2D eigenvalue weighted by atomic mass is 10.2. The maximum Gasteiger partial charge on any atom is 0.274 e. The smallest absolute Gasteiger partial charge is 0.274 e. The molecule has 3 atom stereocenters. The number of nitrogens with zero attached hydrogens (tertiary/aromatic N) is 4. The summed E-state index contributed by atoms with van der Waals surface area (Å²) >= 11 is 6.62. The van der Waals surface area contributed by atoms with E-state index in [2.05, 4.69) is 82.3 Å². The molecule has 2 aromatic heterocycles. The summed E-state index contributed by atoms with van der Waals surface area (Å²) in [5.41, 5.74) is 2.42. The zero-order chi connectivity index (χ0) is 32.0. The molecule has 1 aliphatic heterocycles. The predicted octanol–water partition coefficient (Wildman–Crippen LogP) is 8.90. The van der Waals surface area contributed by atoms with Crippen LogP contribution < -0.4 is 0 Å². The molecule has 9 nitrogen and oxygen atoms in total. The van der Waals surface area contributed by atoms with Crippen LogP contribution in [0.15, 0.2) is 36.8 Å². The van der Waals surface area contributed by atoms with Crippen LogP contribution in [-0.4, -0.2) is 48.6 Å². The molecule has 43 heavy (non-hydrogen) atoms. The van der Waals surface area contributed by atoms with E-state index in [9.17, 15) is 10.1 Å². The third-order valence-electron chi connectivity index (χ3n) is 10.2. The van der Waals surface area contributed by atoms with Crippen molar-refractivity contribution in [3.05, 3.63) is 63.2 Å². The van der Waals surface area contributed by atoms with E-state index in [0.29, 0.717) is 33.9 Å². The van der Waals surface area contributed by atoms with Gasteiger partial charge in [-0.2, -0.15) is 0 Å². The number of hydrogen-bond donors (Lipinski definition) is 0. The third-order valence-corrected chi connectivity index (χ3v) is 21.3. The van der Waals surface area contributed by atoms with Crippen molar-refractivity contribution in [1.29, 1.82) is 0 Å². The Balaban J connectivity index is 1.64. The summed E-state index contributed by atoms with van der Waals surface area (Å²) in [6.07, 6.45) is 4.04. The van der Waals surface area contributed by atoms with Gasteiger partial charge in [-0.1, -0.05) is 78.4 Å². The van der Waals surface area contributed by atoms with Crippen molar-refractivity contribution in [1.82, 2.24) is 14.5 Å². The average Bonchev–Trinajstić information content (AvgIpc) is 3.49. The van der Waals surface area contributed by atoms with E-state index in [0.717, 1.165) is 12.0 Å². The molecule has 3 heterocycles. The minimum Gasteiger partial charge on any atom is -0.414 e. The first-order chi connectivity index (χ1) is 19.8. The van der Waals surface area contributed by atoms with Crippen molar-refractivity contribution in [3.63, 3.8) is 0 Å². The zero-order valence-corrected chi connectivity index (χ0v) is 30.0. The van der Waals surface area contributed by atoms with E-state index in [1.165, 1.54) is 12.4 Å². The Kier molecular flexibility index (Phi) is 9.67. The van der Waals surface area contributed by atoms with Gasteiger partial charge in [-0.3, -0.25) is 10.1 Å². The molecule has 3 aromatic rings. The minimum atomic E-state index is -1.98. The number of fused-ring (bicyclic) bond motifs is 1. The van der Waals surface area contributed by atoms with Crippen LogP contribution >= 0.6 is 11.6 Å². The van der Waals surface area contributed by atoms with Gasteiger partial charge in [0.05, 0.1) is 49.9 Å². The Morgan fingerprint density at radius 2 is 1.70 bits per heavy atom. The summed E-state index contributed by atoms with van der Waals surface area (Å²) in [5.74, 6) is 0. The summed E-state index contributed by atoms with van der Waals surface area (Å²) in [4.78, 5) is 19.9.